The maximum absolute atomic E-state index is 13.0. The number of carbonyl (C=O) groups excluding carboxylic acids is 2. The summed E-state index contributed by atoms with van der Waals surface area (Å²) < 4.78 is 5.90. The number of aromatic hydroxyl groups is 1. The molecular formula is C27H28N2O4. The molecule has 3 aromatic carbocycles. The predicted octanol–water partition coefficient (Wildman–Crippen LogP) is 4.77. The fourth-order valence-electron chi connectivity index (χ4n) is 4.03. The number of nitrogens with one attached hydrogen (secondary N) is 1. The smallest absolute Gasteiger partial charge is 0.253 e. The number of nitrogens with zero attached hydrogens (tertiary/aromatic N) is 1. The lowest BCUT2D eigenvalue weighted by Gasteiger charge is -2.31. The van der Waals surface area contributed by atoms with E-state index >= 15 is 0 Å². The topological polar surface area (TPSA) is 78.9 Å². The van der Waals surface area contributed by atoms with E-state index in [1.54, 1.807) is 35.2 Å². The highest BCUT2D eigenvalue weighted by Crippen LogP contribution is 2.26. The van der Waals surface area contributed by atoms with Crippen LogP contribution in [0.5, 0.6) is 11.5 Å². The number of hydrogen-bond donors (Lipinski definition) is 2. The van der Waals surface area contributed by atoms with Gasteiger partial charge >= 0.3 is 0 Å². The molecule has 0 unspecified atom stereocenters. The number of phenolic OH excluding ortho intramolecular Hbond substituents is 1. The van der Waals surface area contributed by atoms with E-state index in [0.29, 0.717) is 49.5 Å². The SMILES string of the molecule is Cc1cccc(COc2cccc(C(=O)N3CCC(C(=O)Nc4ccccc4O)CC3)c2)c1. The highest BCUT2D eigenvalue weighted by molar-refractivity contribution is 5.96. The number of anilines is 1. The van der Waals surface area contributed by atoms with Gasteiger partial charge in [-0.25, -0.2) is 0 Å². The number of hydrogen-bond acceptors (Lipinski definition) is 4. The van der Waals surface area contributed by atoms with Gasteiger partial charge in [0.15, 0.2) is 0 Å². The number of benzene rings is 3. The Morgan fingerprint density at radius 3 is 2.52 bits per heavy atom. The maximum Gasteiger partial charge on any atom is 0.253 e. The molecule has 0 bridgehead atoms. The number of likely N-dealkylation sites (tertiary alicyclic amines) is 1. The Morgan fingerprint density at radius 1 is 1.00 bits per heavy atom. The Labute approximate surface area is 193 Å². The van der Waals surface area contributed by atoms with Crippen LogP contribution in [0.3, 0.4) is 0 Å². The molecule has 6 nitrogen and oxygen atoms in total. The van der Waals surface area contributed by atoms with Gasteiger partial charge in [0.1, 0.15) is 18.1 Å². The molecule has 33 heavy (non-hydrogen) atoms. The van der Waals surface area contributed by atoms with E-state index in [-0.39, 0.29) is 23.5 Å². The van der Waals surface area contributed by atoms with Crippen LogP contribution in [0, 0.1) is 12.8 Å². The lowest BCUT2D eigenvalue weighted by atomic mass is 9.95. The van der Waals surface area contributed by atoms with Gasteiger partial charge in [-0.3, -0.25) is 9.59 Å². The van der Waals surface area contributed by atoms with Gasteiger partial charge in [0.05, 0.1) is 5.69 Å². The quantitative estimate of drug-likeness (QED) is 0.537. The van der Waals surface area contributed by atoms with Crippen molar-refractivity contribution in [3.05, 3.63) is 89.5 Å². The van der Waals surface area contributed by atoms with Crippen molar-refractivity contribution in [1.29, 1.82) is 0 Å². The van der Waals surface area contributed by atoms with Gasteiger partial charge in [0, 0.05) is 24.6 Å². The third-order valence-corrected chi connectivity index (χ3v) is 5.88. The first-order valence-electron chi connectivity index (χ1n) is 11.2. The fraction of sp³-hybridized carbons (Fsp3) is 0.259. The zero-order valence-corrected chi connectivity index (χ0v) is 18.7. The van der Waals surface area contributed by atoms with Crippen molar-refractivity contribution in [2.24, 2.45) is 5.92 Å². The average molecular weight is 445 g/mol. The Morgan fingerprint density at radius 2 is 1.76 bits per heavy atom. The predicted molar refractivity (Wildman–Crippen MR) is 127 cm³/mol. The van der Waals surface area contributed by atoms with Gasteiger partial charge in [-0.1, -0.05) is 48.0 Å². The summed E-state index contributed by atoms with van der Waals surface area (Å²) in [5.41, 5.74) is 3.24. The molecule has 0 atom stereocenters. The van der Waals surface area contributed by atoms with Crippen LogP contribution >= 0.6 is 0 Å². The molecule has 1 saturated heterocycles. The first-order chi connectivity index (χ1) is 16.0. The van der Waals surface area contributed by atoms with Crippen LogP contribution in [0.1, 0.15) is 34.3 Å². The molecule has 6 heteroatoms. The van der Waals surface area contributed by atoms with E-state index in [1.807, 2.05) is 37.3 Å². The van der Waals surface area contributed by atoms with Crippen molar-refractivity contribution >= 4 is 17.5 Å². The van der Waals surface area contributed by atoms with E-state index in [9.17, 15) is 14.7 Å². The summed E-state index contributed by atoms with van der Waals surface area (Å²) in [5, 5.41) is 12.6. The van der Waals surface area contributed by atoms with Crippen molar-refractivity contribution in [1.82, 2.24) is 4.90 Å². The molecule has 1 aliphatic heterocycles. The van der Waals surface area contributed by atoms with Crippen molar-refractivity contribution in [2.75, 3.05) is 18.4 Å². The van der Waals surface area contributed by atoms with E-state index in [1.165, 1.54) is 11.6 Å². The van der Waals surface area contributed by atoms with Crippen molar-refractivity contribution < 1.29 is 19.4 Å². The summed E-state index contributed by atoms with van der Waals surface area (Å²) in [6, 6.07) is 22.0. The lowest BCUT2D eigenvalue weighted by molar-refractivity contribution is -0.121. The number of aryl methyl sites for hydroxylation is 1. The first kappa shape index (κ1) is 22.4. The van der Waals surface area contributed by atoms with E-state index in [4.69, 9.17) is 4.74 Å². The third kappa shape index (κ3) is 5.71. The number of phenols is 1. The minimum Gasteiger partial charge on any atom is -0.506 e. The molecule has 0 spiro atoms. The molecule has 1 aliphatic rings. The normalized spacial score (nSPS) is 14.0. The Balaban J connectivity index is 1.31. The molecule has 0 saturated carbocycles. The molecule has 0 radical (unpaired) electrons. The Hall–Kier alpha value is -3.80. The summed E-state index contributed by atoms with van der Waals surface area (Å²) in [5.74, 6) is 0.311. The number of ether oxygens (including phenoxy) is 1. The summed E-state index contributed by atoms with van der Waals surface area (Å²) in [6.07, 6.45) is 1.16. The zero-order valence-electron chi connectivity index (χ0n) is 18.7. The number of rotatable bonds is 6. The van der Waals surface area contributed by atoms with Crippen molar-refractivity contribution in [3.8, 4) is 11.5 Å². The highest BCUT2D eigenvalue weighted by Gasteiger charge is 2.28. The van der Waals surface area contributed by atoms with Gasteiger partial charge in [-0.05, 0) is 55.7 Å². The van der Waals surface area contributed by atoms with Crippen LogP contribution < -0.4 is 10.1 Å². The Bertz CT molecular complexity index is 1140. The molecule has 170 valence electrons. The summed E-state index contributed by atoms with van der Waals surface area (Å²) in [4.78, 5) is 27.4. The molecule has 1 fully saturated rings. The zero-order chi connectivity index (χ0) is 23.2. The van der Waals surface area contributed by atoms with Gasteiger partial charge in [0.25, 0.3) is 5.91 Å². The molecule has 4 rings (SSSR count). The third-order valence-electron chi connectivity index (χ3n) is 5.88. The minimum absolute atomic E-state index is 0.0444. The highest BCUT2D eigenvalue weighted by atomic mass is 16.5. The second kappa shape index (κ2) is 10.2. The van der Waals surface area contributed by atoms with Crippen LogP contribution in [0.2, 0.25) is 0 Å². The standard InChI is InChI=1S/C27H28N2O4/c1-19-6-4-7-20(16-19)18-33-23-9-5-8-22(17-23)27(32)29-14-12-21(13-15-29)26(31)28-24-10-2-3-11-25(24)30/h2-11,16-17,21,30H,12-15,18H2,1H3,(H,28,31). The second-order valence-electron chi connectivity index (χ2n) is 8.38. The van der Waals surface area contributed by atoms with Crippen LogP contribution in [-0.2, 0) is 11.4 Å². The van der Waals surface area contributed by atoms with Gasteiger partial charge < -0.3 is 20.1 Å². The summed E-state index contributed by atoms with van der Waals surface area (Å²) >= 11 is 0. The molecule has 3 aromatic rings. The average Bonchev–Trinajstić information content (AvgIpc) is 2.84. The Kier molecular flexibility index (Phi) is 6.93. The monoisotopic (exact) mass is 444 g/mol. The van der Waals surface area contributed by atoms with Gasteiger partial charge in [0.2, 0.25) is 5.91 Å². The van der Waals surface area contributed by atoms with Gasteiger partial charge in [-0.15, -0.1) is 0 Å². The van der Waals surface area contributed by atoms with Crippen molar-refractivity contribution in [3.63, 3.8) is 0 Å². The lowest BCUT2D eigenvalue weighted by Crippen LogP contribution is -2.41. The van der Waals surface area contributed by atoms with Crippen LogP contribution in [0.4, 0.5) is 5.69 Å². The largest absolute Gasteiger partial charge is 0.506 e. The molecule has 2 N–H and O–H groups in total. The number of piperidine rings is 1. The number of amides is 2. The number of carbonyl (C=O) groups is 2. The van der Waals surface area contributed by atoms with E-state index < -0.39 is 0 Å². The van der Waals surface area contributed by atoms with Crippen LogP contribution in [0.25, 0.3) is 0 Å². The minimum atomic E-state index is -0.197. The van der Waals surface area contributed by atoms with E-state index in [0.717, 1.165) is 5.56 Å². The summed E-state index contributed by atoms with van der Waals surface area (Å²) in [7, 11) is 0. The molecule has 2 amide bonds. The number of para-hydroxylation sites is 2. The molecule has 0 aromatic heterocycles. The first-order valence-corrected chi connectivity index (χ1v) is 11.2. The van der Waals surface area contributed by atoms with E-state index in [2.05, 4.69) is 11.4 Å². The van der Waals surface area contributed by atoms with Gasteiger partial charge in [-0.2, -0.15) is 0 Å². The molecule has 1 heterocycles. The maximum atomic E-state index is 13.0. The molecule has 0 aliphatic carbocycles. The van der Waals surface area contributed by atoms with Crippen LogP contribution in [-0.4, -0.2) is 34.9 Å². The van der Waals surface area contributed by atoms with Crippen LogP contribution in [0.15, 0.2) is 72.8 Å². The fourth-order valence-corrected chi connectivity index (χ4v) is 4.03. The second-order valence-corrected chi connectivity index (χ2v) is 8.38. The molecular weight excluding hydrogens is 416 g/mol. The summed E-state index contributed by atoms with van der Waals surface area (Å²) in [6.45, 7) is 3.50. The van der Waals surface area contributed by atoms with Crippen molar-refractivity contribution in [2.45, 2.75) is 26.4 Å².